The molecule has 0 amide bonds. The van der Waals surface area contributed by atoms with Gasteiger partial charge in [0.15, 0.2) is 0 Å². The van der Waals surface area contributed by atoms with E-state index in [1.54, 1.807) is 0 Å². The SMILES string of the molecule is CCOP(=O)(O)SP(=O)(O)OCC. The predicted molar refractivity (Wildman–Crippen MR) is 50.5 cm³/mol. The maximum absolute atomic E-state index is 11.0. The molecule has 2 atom stereocenters. The Kier molecular flexibility index (Phi) is 5.79. The van der Waals surface area contributed by atoms with Crippen molar-refractivity contribution in [2.24, 2.45) is 0 Å². The Morgan fingerprint density at radius 2 is 1.38 bits per heavy atom. The summed E-state index contributed by atoms with van der Waals surface area (Å²) in [7, 11) is 0. The summed E-state index contributed by atoms with van der Waals surface area (Å²) in [6.07, 6.45) is 0. The molecule has 0 bridgehead atoms. The normalized spacial score (nSPS) is 20.6. The van der Waals surface area contributed by atoms with E-state index in [1.165, 1.54) is 13.8 Å². The molecule has 0 aromatic carbocycles. The molecule has 13 heavy (non-hydrogen) atoms. The molecule has 0 aliphatic rings. The van der Waals surface area contributed by atoms with Crippen LogP contribution < -0.4 is 0 Å². The second-order valence-electron chi connectivity index (χ2n) is 1.85. The minimum atomic E-state index is -4.07. The molecule has 0 saturated heterocycles. The fraction of sp³-hybridized carbons (Fsp3) is 1.00. The van der Waals surface area contributed by atoms with Crippen LogP contribution in [0.5, 0.6) is 0 Å². The van der Waals surface area contributed by atoms with Gasteiger partial charge in [-0.2, -0.15) is 0 Å². The van der Waals surface area contributed by atoms with Gasteiger partial charge in [0.2, 0.25) is 0 Å². The van der Waals surface area contributed by atoms with Crippen molar-refractivity contribution >= 4 is 24.6 Å². The predicted octanol–water partition coefficient (Wildman–Crippen LogP) is 1.99. The van der Waals surface area contributed by atoms with Gasteiger partial charge in [0.1, 0.15) is 0 Å². The van der Waals surface area contributed by atoms with Gasteiger partial charge in [-0.1, -0.05) is 0 Å². The van der Waals surface area contributed by atoms with Gasteiger partial charge >= 0.3 is 13.6 Å². The average Bonchev–Trinajstić information content (AvgIpc) is 1.82. The van der Waals surface area contributed by atoms with Crippen LogP contribution in [0.3, 0.4) is 0 Å². The van der Waals surface area contributed by atoms with Gasteiger partial charge in [0.05, 0.1) is 24.2 Å². The van der Waals surface area contributed by atoms with Crippen LogP contribution in [0, 0.1) is 0 Å². The van der Waals surface area contributed by atoms with E-state index in [-0.39, 0.29) is 24.2 Å². The molecule has 80 valence electrons. The summed E-state index contributed by atoms with van der Waals surface area (Å²) >= 11 is -0.0689. The van der Waals surface area contributed by atoms with Crippen molar-refractivity contribution in [3.63, 3.8) is 0 Å². The molecule has 2 N–H and O–H groups in total. The monoisotopic (exact) mass is 250 g/mol. The van der Waals surface area contributed by atoms with Crippen molar-refractivity contribution in [2.45, 2.75) is 13.8 Å². The highest BCUT2D eigenvalue weighted by Crippen LogP contribution is 2.74. The summed E-state index contributed by atoms with van der Waals surface area (Å²) in [6.45, 7) is -5.13. The topological polar surface area (TPSA) is 93.1 Å². The Hall–Kier alpha value is 0.650. The van der Waals surface area contributed by atoms with Crippen LogP contribution in [0.2, 0.25) is 0 Å². The van der Waals surface area contributed by atoms with Crippen molar-refractivity contribution < 1.29 is 28.0 Å². The molecular formula is C4H12O6P2S. The van der Waals surface area contributed by atoms with E-state index in [2.05, 4.69) is 9.05 Å². The molecule has 0 rings (SSSR count). The smallest absolute Gasteiger partial charge is 0.316 e. The summed E-state index contributed by atoms with van der Waals surface area (Å²) < 4.78 is 30.7. The van der Waals surface area contributed by atoms with Crippen molar-refractivity contribution in [2.75, 3.05) is 13.2 Å². The molecule has 0 saturated carbocycles. The van der Waals surface area contributed by atoms with Crippen molar-refractivity contribution in [3.05, 3.63) is 0 Å². The first-order valence-electron chi connectivity index (χ1n) is 3.49. The number of hydrogen-bond donors (Lipinski definition) is 2. The van der Waals surface area contributed by atoms with Gasteiger partial charge in [-0.3, -0.25) is 0 Å². The summed E-state index contributed by atoms with van der Waals surface area (Å²) in [5, 5.41) is 0. The summed E-state index contributed by atoms with van der Waals surface area (Å²) in [6, 6.07) is 0. The molecular weight excluding hydrogens is 238 g/mol. The van der Waals surface area contributed by atoms with Crippen molar-refractivity contribution in [1.82, 2.24) is 0 Å². The molecule has 0 aromatic rings. The summed E-state index contributed by atoms with van der Waals surface area (Å²) in [5.74, 6) is 0. The molecule has 2 unspecified atom stereocenters. The first-order valence-corrected chi connectivity index (χ1v) is 8.67. The van der Waals surface area contributed by atoms with E-state index in [4.69, 9.17) is 9.79 Å². The zero-order chi connectivity index (χ0) is 10.5. The Bertz CT molecular complexity index is 219. The van der Waals surface area contributed by atoms with Crippen molar-refractivity contribution in [1.29, 1.82) is 0 Å². The highest BCUT2D eigenvalue weighted by molar-refractivity contribution is 8.84. The van der Waals surface area contributed by atoms with Crippen LogP contribution in [-0.2, 0) is 18.2 Å². The molecule has 9 heteroatoms. The lowest BCUT2D eigenvalue weighted by Gasteiger charge is -2.13. The maximum atomic E-state index is 11.0. The quantitative estimate of drug-likeness (QED) is 0.696. The van der Waals surface area contributed by atoms with E-state index in [0.717, 1.165) is 0 Å². The molecule has 0 heterocycles. The molecule has 0 fully saturated rings. The second-order valence-corrected chi connectivity index (χ2v) is 9.14. The maximum Gasteiger partial charge on any atom is 0.397 e. The van der Waals surface area contributed by atoms with Gasteiger partial charge in [-0.05, 0) is 13.8 Å². The molecule has 0 aromatic heterocycles. The Labute approximate surface area is 80.2 Å². The minimum Gasteiger partial charge on any atom is -0.316 e. The van der Waals surface area contributed by atoms with Crippen LogP contribution in [0.4, 0.5) is 0 Å². The van der Waals surface area contributed by atoms with Crippen LogP contribution in [0.1, 0.15) is 13.8 Å². The summed E-state index contributed by atoms with van der Waals surface area (Å²) in [5.41, 5.74) is 0. The molecule has 0 aliphatic carbocycles. The van der Waals surface area contributed by atoms with E-state index in [1.807, 2.05) is 0 Å². The van der Waals surface area contributed by atoms with Gasteiger partial charge in [-0.15, -0.1) is 0 Å². The Balaban J connectivity index is 4.25. The highest BCUT2D eigenvalue weighted by atomic mass is 33.1. The van der Waals surface area contributed by atoms with E-state index in [9.17, 15) is 9.13 Å². The third-order valence-electron chi connectivity index (χ3n) is 0.791. The highest BCUT2D eigenvalue weighted by Gasteiger charge is 2.34. The third kappa shape index (κ3) is 6.69. The second kappa shape index (κ2) is 5.51. The first kappa shape index (κ1) is 13.7. The van der Waals surface area contributed by atoms with Crippen LogP contribution in [0.25, 0.3) is 0 Å². The largest absolute Gasteiger partial charge is 0.397 e. The fourth-order valence-corrected chi connectivity index (χ4v) is 6.40. The summed E-state index contributed by atoms with van der Waals surface area (Å²) in [4.78, 5) is 17.9. The minimum absolute atomic E-state index is 0.00704. The lowest BCUT2D eigenvalue weighted by molar-refractivity contribution is 0.286. The zero-order valence-electron chi connectivity index (χ0n) is 7.24. The van der Waals surface area contributed by atoms with E-state index in [0.29, 0.717) is 0 Å². The molecule has 0 spiro atoms. The molecule has 6 nitrogen and oxygen atoms in total. The van der Waals surface area contributed by atoms with Crippen LogP contribution >= 0.6 is 24.6 Å². The lowest BCUT2D eigenvalue weighted by atomic mass is 10.9. The van der Waals surface area contributed by atoms with Gasteiger partial charge in [0.25, 0.3) is 0 Å². The number of hydrogen-bond acceptors (Lipinski definition) is 5. The van der Waals surface area contributed by atoms with Gasteiger partial charge < -0.3 is 18.8 Å². The van der Waals surface area contributed by atoms with Gasteiger partial charge in [-0.25, -0.2) is 9.13 Å². The zero-order valence-corrected chi connectivity index (χ0v) is 9.85. The van der Waals surface area contributed by atoms with E-state index < -0.39 is 13.6 Å². The van der Waals surface area contributed by atoms with E-state index >= 15 is 0 Å². The Morgan fingerprint density at radius 3 is 1.62 bits per heavy atom. The average molecular weight is 250 g/mol. The number of rotatable bonds is 6. The Morgan fingerprint density at radius 1 is 1.08 bits per heavy atom. The molecule has 0 aliphatic heterocycles. The first-order chi connectivity index (χ1) is 5.83. The van der Waals surface area contributed by atoms with Gasteiger partial charge in [0, 0.05) is 0 Å². The fourth-order valence-electron chi connectivity index (χ4n) is 0.504. The van der Waals surface area contributed by atoms with Crippen molar-refractivity contribution in [3.8, 4) is 0 Å². The molecule has 0 radical (unpaired) electrons. The standard InChI is InChI=1S/C4H12O6P2S/c1-3-9-11(5,6)13-12(7,8)10-4-2/h3-4H2,1-2H3,(H,5,6)(H,7,8). The lowest BCUT2D eigenvalue weighted by Crippen LogP contribution is -1.88. The van der Waals surface area contributed by atoms with Crippen LogP contribution in [-0.4, -0.2) is 23.0 Å². The van der Waals surface area contributed by atoms with Crippen LogP contribution in [0.15, 0.2) is 0 Å². The third-order valence-corrected chi connectivity index (χ3v) is 7.96.